The zero-order valence-corrected chi connectivity index (χ0v) is 9.37. The van der Waals surface area contributed by atoms with E-state index in [4.69, 9.17) is 5.11 Å². The van der Waals surface area contributed by atoms with Gasteiger partial charge in [0.25, 0.3) is 0 Å². The molecule has 0 saturated carbocycles. The molecule has 1 rings (SSSR count). The molecule has 0 amide bonds. The fourth-order valence-electron chi connectivity index (χ4n) is 1.14. The number of nitrogens with zero attached hydrogens (tertiary/aromatic N) is 2. The Morgan fingerprint density at radius 3 is 2.18 bits per heavy atom. The van der Waals surface area contributed by atoms with Gasteiger partial charge in [0.2, 0.25) is 5.75 Å². The summed E-state index contributed by atoms with van der Waals surface area (Å²) < 4.78 is -0.399. The molecule has 10 heteroatoms. The Labute approximate surface area is 101 Å². The van der Waals surface area contributed by atoms with Gasteiger partial charge in [0.1, 0.15) is 4.47 Å². The lowest BCUT2D eigenvalue weighted by Gasteiger charge is -2.03. The van der Waals surface area contributed by atoms with E-state index < -0.39 is 43.0 Å². The molecule has 1 aromatic carbocycles. The first-order valence-electron chi connectivity index (χ1n) is 3.85. The summed E-state index contributed by atoms with van der Waals surface area (Å²) in [6.07, 6.45) is 0. The number of carboxylic acid groups (broad SMARTS) is 1. The maximum absolute atomic E-state index is 10.8. The predicted octanol–water partition coefficient (Wildman–Crippen LogP) is 1.67. The zero-order valence-electron chi connectivity index (χ0n) is 7.79. The van der Waals surface area contributed by atoms with Crippen molar-refractivity contribution < 1.29 is 24.9 Å². The van der Waals surface area contributed by atoms with Crippen molar-refractivity contribution in [1.29, 1.82) is 0 Å². The van der Waals surface area contributed by atoms with Crippen molar-refractivity contribution in [3.05, 3.63) is 36.3 Å². The van der Waals surface area contributed by atoms with E-state index in [1.54, 1.807) is 0 Å². The number of aromatic carboxylic acids is 1. The highest BCUT2D eigenvalue weighted by atomic mass is 79.9. The van der Waals surface area contributed by atoms with Crippen LogP contribution in [0.1, 0.15) is 10.4 Å². The molecule has 0 aliphatic heterocycles. The molecule has 9 nitrogen and oxygen atoms in total. The van der Waals surface area contributed by atoms with Gasteiger partial charge in [-0.2, -0.15) is 0 Å². The van der Waals surface area contributed by atoms with Crippen molar-refractivity contribution in [1.82, 2.24) is 0 Å². The molecule has 0 bridgehead atoms. The number of nitro groups is 2. The van der Waals surface area contributed by atoms with Crippen LogP contribution in [0.4, 0.5) is 11.4 Å². The van der Waals surface area contributed by atoms with Crippen molar-refractivity contribution in [3.8, 4) is 5.75 Å². The molecule has 2 N–H and O–H groups in total. The molecule has 0 aromatic heterocycles. The lowest BCUT2D eigenvalue weighted by Crippen LogP contribution is -2.05. The van der Waals surface area contributed by atoms with E-state index in [0.717, 1.165) is 0 Å². The fraction of sp³-hybridized carbons (Fsp3) is 0. The minimum absolute atomic E-state index is 0.399. The maximum atomic E-state index is 10.8. The molecule has 0 saturated heterocycles. The molecule has 0 fully saturated rings. The van der Waals surface area contributed by atoms with Gasteiger partial charge < -0.3 is 10.2 Å². The van der Waals surface area contributed by atoms with Crippen LogP contribution in [-0.4, -0.2) is 26.0 Å². The predicted molar refractivity (Wildman–Crippen MR) is 56.1 cm³/mol. The van der Waals surface area contributed by atoms with Gasteiger partial charge in [0.05, 0.1) is 9.85 Å². The standard InChI is InChI=1S/C7H3BrN2O7/c8-2-1-3(9(14)15)6(11)4(7(12)13)5(2)10(16)17/h1,11H,(H,12,13). The number of halogens is 1. The molecular weight excluding hydrogens is 304 g/mol. The number of carboxylic acids is 1. The highest BCUT2D eigenvalue weighted by Crippen LogP contribution is 2.41. The van der Waals surface area contributed by atoms with Crippen LogP contribution in [0.2, 0.25) is 0 Å². The van der Waals surface area contributed by atoms with Crippen LogP contribution in [0.15, 0.2) is 10.5 Å². The molecule has 90 valence electrons. The van der Waals surface area contributed by atoms with Gasteiger partial charge in [-0.1, -0.05) is 0 Å². The molecule has 0 aliphatic carbocycles. The lowest BCUT2D eigenvalue weighted by atomic mass is 10.1. The van der Waals surface area contributed by atoms with Gasteiger partial charge in [-0.3, -0.25) is 20.2 Å². The Bertz CT molecular complexity index is 542. The molecule has 1 aromatic rings. The molecule has 0 atom stereocenters. The van der Waals surface area contributed by atoms with Crippen molar-refractivity contribution >= 4 is 33.3 Å². The summed E-state index contributed by atoms with van der Waals surface area (Å²) in [7, 11) is 0. The third kappa shape index (κ3) is 2.15. The van der Waals surface area contributed by atoms with Crippen LogP contribution in [0.25, 0.3) is 0 Å². The Balaban J connectivity index is 3.78. The fourth-order valence-corrected chi connectivity index (χ4v) is 1.70. The molecule has 0 aliphatic rings. The van der Waals surface area contributed by atoms with Crippen molar-refractivity contribution in [3.63, 3.8) is 0 Å². The van der Waals surface area contributed by atoms with E-state index in [2.05, 4.69) is 15.9 Å². The van der Waals surface area contributed by atoms with Crippen LogP contribution >= 0.6 is 15.9 Å². The van der Waals surface area contributed by atoms with E-state index in [1.807, 2.05) is 0 Å². The summed E-state index contributed by atoms with van der Waals surface area (Å²) in [6.45, 7) is 0. The highest BCUT2D eigenvalue weighted by molar-refractivity contribution is 9.10. The minimum Gasteiger partial charge on any atom is -0.501 e. The second-order valence-corrected chi connectivity index (χ2v) is 3.62. The van der Waals surface area contributed by atoms with E-state index in [0.29, 0.717) is 6.07 Å². The molecule has 0 radical (unpaired) electrons. The number of hydrogen-bond donors (Lipinski definition) is 2. The number of hydrogen-bond acceptors (Lipinski definition) is 6. The van der Waals surface area contributed by atoms with Crippen molar-refractivity contribution in [2.24, 2.45) is 0 Å². The summed E-state index contributed by atoms with van der Waals surface area (Å²) in [5.74, 6) is -3.09. The molecule has 17 heavy (non-hydrogen) atoms. The number of rotatable bonds is 3. The average molecular weight is 307 g/mol. The Kier molecular flexibility index (Phi) is 3.27. The number of aromatic hydroxyl groups is 1. The third-order valence-electron chi connectivity index (χ3n) is 1.80. The van der Waals surface area contributed by atoms with Crippen LogP contribution in [-0.2, 0) is 0 Å². The summed E-state index contributed by atoms with van der Waals surface area (Å²) >= 11 is 2.65. The first-order chi connectivity index (χ1) is 7.77. The monoisotopic (exact) mass is 306 g/mol. The van der Waals surface area contributed by atoms with E-state index in [9.17, 15) is 30.1 Å². The van der Waals surface area contributed by atoms with Crippen molar-refractivity contribution in [2.45, 2.75) is 0 Å². The first-order valence-corrected chi connectivity index (χ1v) is 4.64. The van der Waals surface area contributed by atoms with Gasteiger partial charge in [-0.15, -0.1) is 0 Å². The van der Waals surface area contributed by atoms with Gasteiger partial charge in [-0.25, -0.2) is 4.79 Å². The molecule has 0 unspecified atom stereocenters. The van der Waals surface area contributed by atoms with Crippen LogP contribution in [0, 0.1) is 20.2 Å². The number of benzene rings is 1. The summed E-state index contributed by atoms with van der Waals surface area (Å²) in [4.78, 5) is 29.8. The van der Waals surface area contributed by atoms with Crippen LogP contribution in [0.3, 0.4) is 0 Å². The molecule has 0 heterocycles. The second-order valence-electron chi connectivity index (χ2n) is 2.77. The van der Waals surface area contributed by atoms with E-state index in [1.165, 1.54) is 0 Å². The second kappa shape index (κ2) is 4.33. The van der Waals surface area contributed by atoms with Crippen LogP contribution < -0.4 is 0 Å². The van der Waals surface area contributed by atoms with Gasteiger partial charge in [-0.05, 0) is 15.9 Å². The third-order valence-corrected chi connectivity index (χ3v) is 2.40. The van der Waals surface area contributed by atoms with Gasteiger partial charge in [0.15, 0.2) is 5.56 Å². The Morgan fingerprint density at radius 1 is 1.29 bits per heavy atom. The Morgan fingerprint density at radius 2 is 1.82 bits per heavy atom. The lowest BCUT2D eigenvalue weighted by molar-refractivity contribution is -0.390. The Hall–Kier alpha value is -2.23. The topological polar surface area (TPSA) is 144 Å². The maximum Gasteiger partial charge on any atom is 0.346 e. The number of carbonyl (C=O) groups is 1. The normalized spacial score (nSPS) is 9.94. The summed E-state index contributed by atoms with van der Waals surface area (Å²) in [5, 5.41) is 39.2. The quantitative estimate of drug-likeness (QED) is 0.638. The van der Waals surface area contributed by atoms with E-state index >= 15 is 0 Å². The smallest absolute Gasteiger partial charge is 0.346 e. The van der Waals surface area contributed by atoms with Crippen LogP contribution in [0.5, 0.6) is 5.75 Å². The van der Waals surface area contributed by atoms with Gasteiger partial charge in [0, 0.05) is 6.07 Å². The number of phenols is 1. The van der Waals surface area contributed by atoms with Crippen molar-refractivity contribution in [2.75, 3.05) is 0 Å². The van der Waals surface area contributed by atoms with E-state index in [-0.39, 0.29) is 0 Å². The molecular formula is C7H3BrN2O7. The average Bonchev–Trinajstić information content (AvgIpc) is 2.18. The zero-order chi connectivity index (χ0) is 13.3. The highest BCUT2D eigenvalue weighted by Gasteiger charge is 2.34. The minimum atomic E-state index is -1.83. The van der Waals surface area contributed by atoms with Gasteiger partial charge >= 0.3 is 17.3 Å². The largest absolute Gasteiger partial charge is 0.501 e. The SMILES string of the molecule is O=C(O)c1c(O)c([N+](=O)[O-])cc(Br)c1[N+](=O)[O-]. The molecule has 0 spiro atoms. The first kappa shape index (κ1) is 12.8. The summed E-state index contributed by atoms with van der Waals surface area (Å²) in [5.41, 5.74) is -3.00. The number of nitro benzene ring substituents is 2. The summed E-state index contributed by atoms with van der Waals surface area (Å²) in [6, 6.07) is 0.667.